The lowest BCUT2D eigenvalue weighted by atomic mass is 10.0. The van der Waals surface area contributed by atoms with Gasteiger partial charge in [0.15, 0.2) is 0 Å². The first-order valence-electron chi connectivity index (χ1n) is 7.77. The lowest BCUT2D eigenvalue weighted by Gasteiger charge is -2.13. The maximum Gasteiger partial charge on any atom is 0.256 e. The molecular formula is C20H19NO4. The van der Waals surface area contributed by atoms with E-state index in [4.69, 9.17) is 14.2 Å². The molecule has 0 bridgehead atoms. The van der Waals surface area contributed by atoms with Crippen LogP contribution in [-0.2, 0) is 0 Å². The Kier molecular flexibility index (Phi) is 4.75. The van der Waals surface area contributed by atoms with Crippen LogP contribution in [0.15, 0.2) is 54.6 Å². The van der Waals surface area contributed by atoms with E-state index in [0.29, 0.717) is 22.7 Å². The van der Waals surface area contributed by atoms with Gasteiger partial charge in [-0.1, -0.05) is 24.3 Å². The van der Waals surface area contributed by atoms with Crippen LogP contribution in [0.3, 0.4) is 0 Å². The molecule has 3 aromatic rings. The van der Waals surface area contributed by atoms with E-state index in [0.717, 1.165) is 16.5 Å². The number of ether oxygens (including phenoxy) is 3. The predicted octanol–water partition coefficient (Wildman–Crippen LogP) is 4.12. The Morgan fingerprint density at radius 2 is 1.52 bits per heavy atom. The summed E-state index contributed by atoms with van der Waals surface area (Å²) in [6.07, 6.45) is 0. The normalized spacial score (nSPS) is 10.4. The third-order valence-electron chi connectivity index (χ3n) is 4.01. The first-order valence-corrected chi connectivity index (χ1v) is 7.77. The van der Waals surface area contributed by atoms with E-state index in [9.17, 15) is 4.79 Å². The van der Waals surface area contributed by atoms with E-state index in [-0.39, 0.29) is 5.91 Å². The second-order valence-corrected chi connectivity index (χ2v) is 5.38. The molecule has 0 saturated carbocycles. The predicted molar refractivity (Wildman–Crippen MR) is 98.0 cm³/mol. The molecule has 0 aromatic heterocycles. The maximum atomic E-state index is 12.8. The Balaban J connectivity index is 1.99. The lowest BCUT2D eigenvalue weighted by Crippen LogP contribution is -2.13. The number of hydrogen-bond donors (Lipinski definition) is 1. The van der Waals surface area contributed by atoms with Crippen molar-refractivity contribution in [3.05, 3.63) is 60.2 Å². The number of hydrogen-bond acceptors (Lipinski definition) is 4. The van der Waals surface area contributed by atoms with E-state index in [1.54, 1.807) is 51.7 Å². The number of methoxy groups -OCH3 is 3. The van der Waals surface area contributed by atoms with Crippen molar-refractivity contribution in [1.29, 1.82) is 0 Å². The summed E-state index contributed by atoms with van der Waals surface area (Å²) in [5.74, 6) is 1.70. The highest BCUT2D eigenvalue weighted by molar-refractivity contribution is 6.14. The number of carbonyl (C=O) groups is 1. The summed E-state index contributed by atoms with van der Waals surface area (Å²) in [5, 5.41) is 4.61. The Morgan fingerprint density at radius 3 is 2.20 bits per heavy atom. The van der Waals surface area contributed by atoms with Crippen LogP contribution in [0.1, 0.15) is 10.4 Å². The molecule has 128 valence electrons. The summed E-state index contributed by atoms with van der Waals surface area (Å²) in [4.78, 5) is 12.8. The van der Waals surface area contributed by atoms with Crippen molar-refractivity contribution in [2.45, 2.75) is 0 Å². The Morgan fingerprint density at radius 1 is 0.800 bits per heavy atom. The van der Waals surface area contributed by atoms with Crippen molar-refractivity contribution in [2.24, 2.45) is 0 Å². The third-order valence-corrected chi connectivity index (χ3v) is 4.01. The van der Waals surface area contributed by atoms with E-state index in [1.807, 2.05) is 24.3 Å². The second kappa shape index (κ2) is 7.13. The van der Waals surface area contributed by atoms with Gasteiger partial charge in [0.05, 0.1) is 27.0 Å². The second-order valence-electron chi connectivity index (χ2n) is 5.38. The summed E-state index contributed by atoms with van der Waals surface area (Å²) in [6, 6.07) is 16.4. The van der Waals surface area contributed by atoms with Crippen LogP contribution in [0.25, 0.3) is 10.8 Å². The van der Waals surface area contributed by atoms with Crippen molar-refractivity contribution in [3.8, 4) is 17.2 Å². The number of benzene rings is 3. The van der Waals surface area contributed by atoms with Gasteiger partial charge in [-0.3, -0.25) is 4.79 Å². The van der Waals surface area contributed by atoms with Crippen molar-refractivity contribution in [2.75, 3.05) is 26.6 Å². The molecule has 0 spiro atoms. The van der Waals surface area contributed by atoms with Crippen molar-refractivity contribution >= 4 is 22.4 Å². The molecule has 0 radical (unpaired) electrons. The van der Waals surface area contributed by atoms with Crippen LogP contribution in [0.5, 0.6) is 17.2 Å². The molecule has 5 heteroatoms. The van der Waals surface area contributed by atoms with Crippen LogP contribution in [0, 0.1) is 0 Å². The highest BCUT2D eigenvalue weighted by Gasteiger charge is 2.15. The molecule has 0 aliphatic heterocycles. The first kappa shape index (κ1) is 16.6. The zero-order valence-corrected chi connectivity index (χ0v) is 14.3. The van der Waals surface area contributed by atoms with Crippen molar-refractivity contribution < 1.29 is 19.0 Å². The van der Waals surface area contributed by atoms with E-state index in [1.165, 1.54) is 0 Å². The SMILES string of the molecule is COc1ccc(NC(=O)c2ccc(OC)c3ccccc23)c(OC)c1. The summed E-state index contributed by atoms with van der Waals surface area (Å²) >= 11 is 0. The van der Waals surface area contributed by atoms with Gasteiger partial charge in [-0.25, -0.2) is 0 Å². The molecule has 0 unspecified atom stereocenters. The zero-order valence-electron chi connectivity index (χ0n) is 14.3. The summed E-state index contributed by atoms with van der Waals surface area (Å²) in [5.41, 5.74) is 1.14. The van der Waals surface area contributed by atoms with Crippen molar-refractivity contribution in [3.63, 3.8) is 0 Å². The molecule has 3 aromatic carbocycles. The maximum absolute atomic E-state index is 12.8. The Bertz CT molecular complexity index is 921. The minimum absolute atomic E-state index is 0.220. The molecule has 0 aliphatic rings. The molecule has 0 heterocycles. The molecular weight excluding hydrogens is 318 g/mol. The highest BCUT2D eigenvalue weighted by atomic mass is 16.5. The molecule has 0 atom stereocenters. The molecule has 3 rings (SSSR count). The molecule has 1 N–H and O–H groups in total. The standard InChI is InChI=1S/C20H19NO4/c1-23-13-8-10-17(19(12-13)25-3)21-20(22)16-9-11-18(24-2)15-7-5-4-6-14(15)16/h4-12H,1-3H3,(H,21,22). The summed E-state index contributed by atoms with van der Waals surface area (Å²) in [7, 11) is 4.74. The zero-order chi connectivity index (χ0) is 17.8. The van der Waals surface area contributed by atoms with Crippen LogP contribution >= 0.6 is 0 Å². The van der Waals surface area contributed by atoms with Gasteiger partial charge in [-0.15, -0.1) is 0 Å². The summed E-state index contributed by atoms with van der Waals surface area (Å²) < 4.78 is 15.9. The number of nitrogens with one attached hydrogen (secondary N) is 1. The van der Waals surface area contributed by atoms with Gasteiger partial charge in [-0.05, 0) is 29.7 Å². The lowest BCUT2D eigenvalue weighted by molar-refractivity contribution is 0.102. The average Bonchev–Trinajstić information content (AvgIpc) is 2.67. The minimum atomic E-state index is -0.220. The van der Waals surface area contributed by atoms with Crippen LogP contribution in [-0.4, -0.2) is 27.2 Å². The van der Waals surface area contributed by atoms with E-state index >= 15 is 0 Å². The third kappa shape index (κ3) is 3.21. The molecule has 0 saturated heterocycles. The number of anilines is 1. The van der Waals surface area contributed by atoms with Crippen molar-refractivity contribution in [1.82, 2.24) is 0 Å². The topological polar surface area (TPSA) is 56.8 Å². The monoisotopic (exact) mass is 337 g/mol. The van der Waals surface area contributed by atoms with E-state index in [2.05, 4.69) is 5.32 Å². The van der Waals surface area contributed by atoms with Gasteiger partial charge in [0.25, 0.3) is 5.91 Å². The number of rotatable bonds is 5. The quantitative estimate of drug-likeness (QED) is 0.761. The van der Waals surface area contributed by atoms with Gasteiger partial charge in [0.2, 0.25) is 0 Å². The molecule has 1 amide bonds. The highest BCUT2D eigenvalue weighted by Crippen LogP contribution is 2.32. The number of fused-ring (bicyclic) bond motifs is 1. The molecule has 0 fully saturated rings. The van der Waals surface area contributed by atoms with Gasteiger partial charge < -0.3 is 19.5 Å². The fourth-order valence-corrected chi connectivity index (χ4v) is 2.74. The fourth-order valence-electron chi connectivity index (χ4n) is 2.74. The van der Waals surface area contributed by atoms with Crippen LogP contribution in [0.4, 0.5) is 5.69 Å². The van der Waals surface area contributed by atoms with Crippen LogP contribution < -0.4 is 19.5 Å². The fraction of sp³-hybridized carbons (Fsp3) is 0.150. The van der Waals surface area contributed by atoms with Gasteiger partial charge in [-0.2, -0.15) is 0 Å². The Labute approximate surface area is 146 Å². The average molecular weight is 337 g/mol. The largest absolute Gasteiger partial charge is 0.497 e. The molecule has 25 heavy (non-hydrogen) atoms. The Hall–Kier alpha value is -3.21. The van der Waals surface area contributed by atoms with Gasteiger partial charge >= 0.3 is 0 Å². The first-order chi connectivity index (χ1) is 12.2. The minimum Gasteiger partial charge on any atom is -0.497 e. The van der Waals surface area contributed by atoms with Gasteiger partial charge in [0, 0.05) is 17.0 Å². The van der Waals surface area contributed by atoms with E-state index < -0.39 is 0 Å². The molecule has 0 aliphatic carbocycles. The van der Waals surface area contributed by atoms with Gasteiger partial charge in [0.1, 0.15) is 17.2 Å². The van der Waals surface area contributed by atoms with Crippen LogP contribution in [0.2, 0.25) is 0 Å². The number of carbonyl (C=O) groups excluding carboxylic acids is 1. The molecule has 5 nitrogen and oxygen atoms in total. The number of amides is 1. The summed E-state index contributed by atoms with van der Waals surface area (Å²) in [6.45, 7) is 0. The smallest absolute Gasteiger partial charge is 0.256 e.